The second-order valence-corrected chi connectivity index (χ2v) is 11.4. The number of sulfone groups is 1. The molecule has 3 aromatic rings. The van der Waals surface area contributed by atoms with E-state index in [0.29, 0.717) is 29.9 Å². The van der Waals surface area contributed by atoms with Crippen LogP contribution in [0.1, 0.15) is 39.7 Å². The number of aromatic nitrogens is 4. The molecule has 2 aromatic heterocycles. The molecule has 1 aromatic carbocycles. The van der Waals surface area contributed by atoms with Crippen molar-refractivity contribution in [1.29, 1.82) is 0 Å². The number of rotatable bonds is 4. The van der Waals surface area contributed by atoms with Crippen LogP contribution >= 0.6 is 0 Å². The predicted molar refractivity (Wildman–Crippen MR) is 122 cm³/mol. The molecule has 3 heterocycles. The molecule has 33 heavy (non-hydrogen) atoms. The minimum absolute atomic E-state index is 0.0834. The highest BCUT2D eigenvalue weighted by Crippen LogP contribution is 2.31. The lowest BCUT2D eigenvalue weighted by Gasteiger charge is -2.35. The number of hydrogen-bond acceptors (Lipinski definition) is 7. The fourth-order valence-corrected chi connectivity index (χ4v) is 4.61. The lowest BCUT2D eigenvalue weighted by Crippen LogP contribution is -2.44. The van der Waals surface area contributed by atoms with Gasteiger partial charge in [0, 0.05) is 24.8 Å². The Labute approximate surface area is 191 Å². The summed E-state index contributed by atoms with van der Waals surface area (Å²) >= 11 is 0. The van der Waals surface area contributed by atoms with Crippen molar-refractivity contribution in [3.63, 3.8) is 0 Å². The van der Waals surface area contributed by atoms with E-state index in [9.17, 15) is 17.6 Å². The standard InChI is InChI=1S/C22H27FN6O3S/c1-22(2,3)21(30)28-9-7-14(8-10-28)29-20-16(12-26-29)19(24-13-25-20)27-18-6-5-15(11-17(18)23)33(4,31)32/h5-6,11-14H,7-10H2,1-4H3,(H,24,25,27). The quantitative estimate of drug-likeness (QED) is 0.618. The normalized spacial score (nSPS) is 15.7. The Morgan fingerprint density at radius 1 is 1.18 bits per heavy atom. The second kappa shape index (κ2) is 8.36. The lowest BCUT2D eigenvalue weighted by molar-refractivity contribution is -0.140. The number of carbonyl (C=O) groups is 1. The Morgan fingerprint density at radius 3 is 2.48 bits per heavy atom. The van der Waals surface area contributed by atoms with Crippen LogP contribution in [0.4, 0.5) is 15.9 Å². The van der Waals surface area contributed by atoms with Crippen molar-refractivity contribution in [3.05, 3.63) is 36.5 Å². The van der Waals surface area contributed by atoms with Gasteiger partial charge in [0.1, 0.15) is 18.0 Å². The highest BCUT2D eigenvalue weighted by molar-refractivity contribution is 7.90. The van der Waals surface area contributed by atoms with Crippen molar-refractivity contribution in [2.75, 3.05) is 24.7 Å². The average Bonchev–Trinajstić information content (AvgIpc) is 3.18. The maximum absolute atomic E-state index is 14.5. The van der Waals surface area contributed by atoms with Gasteiger partial charge in [0.05, 0.1) is 28.2 Å². The first-order valence-electron chi connectivity index (χ1n) is 10.7. The van der Waals surface area contributed by atoms with E-state index in [1.165, 1.54) is 18.5 Å². The number of fused-ring (bicyclic) bond motifs is 1. The molecule has 0 saturated carbocycles. The summed E-state index contributed by atoms with van der Waals surface area (Å²) in [6, 6.07) is 3.77. The zero-order chi connectivity index (χ0) is 24.0. The van der Waals surface area contributed by atoms with Crippen molar-refractivity contribution in [2.24, 2.45) is 5.41 Å². The van der Waals surface area contributed by atoms with Crippen LogP contribution in [0.25, 0.3) is 11.0 Å². The topological polar surface area (TPSA) is 110 Å². The van der Waals surface area contributed by atoms with Gasteiger partial charge in [0.15, 0.2) is 15.5 Å². The Kier molecular flexibility index (Phi) is 5.85. The highest BCUT2D eigenvalue weighted by atomic mass is 32.2. The summed E-state index contributed by atoms with van der Waals surface area (Å²) < 4.78 is 39.7. The molecule has 0 bridgehead atoms. The van der Waals surface area contributed by atoms with E-state index in [0.717, 1.165) is 25.2 Å². The summed E-state index contributed by atoms with van der Waals surface area (Å²) in [6.45, 7) is 7.06. The van der Waals surface area contributed by atoms with Crippen molar-refractivity contribution in [3.8, 4) is 0 Å². The molecule has 0 spiro atoms. The summed E-state index contributed by atoms with van der Waals surface area (Å²) in [4.78, 5) is 23.0. The van der Waals surface area contributed by atoms with E-state index in [1.54, 1.807) is 6.20 Å². The number of hydrogen-bond donors (Lipinski definition) is 1. The lowest BCUT2D eigenvalue weighted by atomic mass is 9.93. The summed E-state index contributed by atoms with van der Waals surface area (Å²) in [5, 5.41) is 8.05. The van der Waals surface area contributed by atoms with Crippen LogP contribution in [0.3, 0.4) is 0 Å². The number of nitrogens with zero attached hydrogens (tertiary/aromatic N) is 5. The first-order valence-corrected chi connectivity index (χ1v) is 12.6. The van der Waals surface area contributed by atoms with E-state index in [1.807, 2.05) is 30.4 Å². The molecule has 0 unspecified atom stereocenters. The molecular weight excluding hydrogens is 447 g/mol. The van der Waals surface area contributed by atoms with Gasteiger partial charge in [-0.25, -0.2) is 27.5 Å². The smallest absolute Gasteiger partial charge is 0.227 e. The van der Waals surface area contributed by atoms with Crippen molar-refractivity contribution in [2.45, 2.75) is 44.6 Å². The number of piperidine rings is 1. The van der Waals surface area contributed by atoms with E-state index in [-0.39, 0.29) is 22.5 Å². The molecule has 1 saturated heterocycles. The molecule has 1 aliphatic rings. The van der Waals surface area contributed by atoms with Crippen molar-refractivity contribution in [1.82, 2.24) is 24.6 Å². The minimum atomic E-state index is -3.51. The minimum Gasteiger partial charge on any atom is -0.342 e. The predicted octanol–water partition coefficient (Wildman–Crippen LogP) is 3.32. The molecule has 11 heteroatoms. The SMILES string of the molecule is CC(C)(C)C(=O)N1CCC(n2ncc3c(Nc4ccc(S(C)(=O)=O)cc4F)ncnc32)CC1. The van der Waals surface area contributed by atoms with Gasteiger partial charge in [-0.2, -0.15) is 5.10 Å². The van der Waals surface area contributed by atoms with Crippen LogP contribution in [-0.4, -0.2) is 58.3 Å². The van der Waals surface area contributed by atoms with Crippen LogP contribution < -0.4 is 5.32 Å². The molecule has 0 aliphatic carbocycles. The molecule has 0 atom stereocenters. The van der Waals surface area contributed by atoms with Crippen LogP contribution in [0.15, 0.2) is 35.6 Å². The first-order chi connectivity index (χ1) is 15.4. The monoisotopic (exact) mass is 474 g/mol. The molecule has 9 nitrogen and oxygen atoms in total. The number of likely N-dealkylation sites (tertiary alicyclic amines) is 1. The van der Waals surface area contributed by atoms with Crippen LogP contribution in [0.5, 0.6) is 0 Å². The fraction of sp³-hybridized carbons (Fsp3) is 0.455. The van der Waals surface area contributed by atoms with Gasteiger partial charge < -0.3 is 10.2 Å². The van der Waals surface area contributed by atoms with Gasteiger partial charge in [0.25, 0.3) is 0 Å². The molecular formula is C22H27FN6O3S. The van der Waals surface area contributed by atoms with E-state index in [4.69, 9.17) is 0 Å². The summed E-state index contributed by atoms with van der Waals surface area (Å²) in [7, 11) is -3.51. The van der Waals surface area contributed by atoms with Gasteiger partial charge in [-0.05, 0) is 31.0 Å². The van der Waals surface area contributed by atoms with Crippen molar-refractivity contribution < 1.29 is 17.6 Å². The first kappa shape index (κ1) is 23.1. The number of nitrogens with one attached hydrogen (secondary N) is 1. The van der Waals surface area contributed by atoms with E-state index >= 15 is 0 Å². The van der Waals surface area contributed by atoms with Crippen molar-refractivity contribution >= 4 is 38.3 Å². The Hall–Kier alpha value is -3.08. The molecule has 1 fully saturated rings. The molecule has 1 amide bonds. The zero-order valence-electron chi connectivity index (χ0n) is 19.0. The molecule has 0 radical (unpaired) electrons. The molecule has 176 valence electrons. The van der Waals surface area contributed by atoms with Crippen LogP contribution in [0.2, 0.25) is 0 Å². The third-order valence-corrected chi connectivity index (χ3v) is 6.86. The maximum Gasteiger partial charge on any atom is 0.227 e. The number of amides is 1. The van der Waals surface area contributed by atoms with E-state index in [2.05, 4.69) is 20.4 Å². The Balaban J connectivity index is 1.55. The van der Waals surface area contributed by atoms with Crippen LogP contribution in [-0.2, 0) is 14.6 Å². The molecule has 1 N–H and O–H groups in total. The number of anilines is 2. The Morgan fingerprint density at radius 2 is 1.88 bits per heavy atom. The van der Waals surface area contributed by atoms with Gasteiger partial charge in [-0.3, -0.25) is 4.79 Å². The summed E-state index contributed by atoms with van der Waals surface area (Å²) in [6.07, 6.45) is 5.55. The van der Waals surface area contributed by atoms with Gasteiger partial charge >= 0.3 is 0 Å². The average molecular weight is 475 g/mol. The molecule has 4 rings (SSSR count). The van der Waals surface area contributed by atoms with Gasteiger partial charge in [0.2, 0.25) is 5.91 Å². The zero-order valence-corrected chi connectivity index (χ0v) is 19.9. The Bertz CT molecular complexity index is 1310. The summed E-state index contributed by atoms with van der Waals surface area (Å²) in [5.41, 5.74) is 0.304. The highest BCUT2D eigenvalue weighted by Gasteiger charge is 2.31. The fourth-order valence-electron chi connectivity index (χ4n) is 3.97. The third kappa shape index (κ3) is 4.68. The largest absolute Gasteiger partial charge is 0.342 e. The van der Waals surface area contributed by atoms with E-state index < -0.39 is 21.1 Å². The maximum atomic E-state index is 14.5. The number of halogens is 1. The molecule has 1 aliphatic heterocycles. The second-order valence-electron chi connectivity index (χ2n) is 9.36. The summed E-state index contributed by atoms with van der Waals surface area (Å²) in [5.74, 6) is -0.186. The van der Waals surface area contributed by atoms with Crippen LogP contribution in [0, 0.1) is 11.2 Å². The number of benzene rings is 1. The van der Waals surface area contributed by atoms with Gasteiger partial charge in [-0.15, -0.1) is 0 Å². The van der Waals surface area contributed by atoms with Gasteiger partial charge in [-0.1, -0.05) is 20.8 Å². The third-order valence-electron chi connectivity index (χ3n) is 5.75. The number of carbonyl (C=O) groups excluding carboxylic acids is 1.